The van der Waals surface area contributed by atoms with Crippen molar-refractivity contribution >= 4 is 21.4 Å². The molecule has 1 N–H and O–H groups in total. The third-order valence-corrected chi connectivity index (χ3v) is 3.28. The molecule has 1 nitrogen and oxygen atoms in total. The number of aliphatic hydroxyl groups is 1. The number of benzene rings is 1. The molecule has 68 valence electrons. The number of thiophene rings is 1. The number of hydrogen-bond donors (Lipinski definition) is 1. The second kappa shape index (κ2) is 3.09. The molecule has 0 unspecified atom stereocenters. The summed E-state index contributed by atoms with van der Waals surface area (Å²) in [4.78, 5) is 0. The molecule has 0 bridgehead atoms. The Morgan fingerprint density at radius 1 is 1.46 bits per heavy atom. The molecule has 13 heavy (non-hydrogen) atoms. The van der Waals surface area contributed by atoms with Crippen LogP contribution in [0.25, 0.3) is 10.1 Å². The summed E-state index contributed by atoms with van der Waals surface area (Å²) in [5.74, 6) is -0.203. The van der Waals surface area contributed by atoms with Gasteiger partial charge in [-0.1, -0.05) is 6.07 Å². The third-order valence-electron chi connectivity index (χ3n) is 2.11. The molecule has 0 saturated heterocycles. The van der Waals surface area contributed by atoms with Gasteiger partial charge in [0.1, 0.15) is 5.82 Å². The van der Waals surface area contributed by atoms with Crippen LogP contribution in [0.3, 0.4) is 0 Å². The van der Waals surface area contributed by atoms with E-state index in [1.54, 1.807) is 6.07 Å². The van der Waals surface area contributed by atoms with Crippen molar-refractivity contribution in [3.8, 4) is 0 Å². The molecule has 1 aromatic carbocycles. The zero-order valence-corrected chi connectivity index (χ0v) is 7.99. The molecule has 0 fully saturated rings. The van der Waals surface area contributed by atoms with E-state index in [0.29, 0.717) is 5.39 Å². The summed E-state index contributed by atoms with van der Waals surface area (Å²) in [6.07, 6.45) is 0. The van der Waals surface area contributed by atoms with Crippen molar-refractivity contribution in [1.82, 2.24) is 0 Å². The predicted octanol–water partition coefficient (Wildman–Crippen LogP) is 2.84. The van der Waals surface area contributed by atoms with E-state index in [1.807, 2.05) is 12.3 Å². The highest BCUT2D eigenvalue weighted by atomic mass is 32.1. The summed E-state index contributed by atoms with van der Waals surface area (Å²) in [5.41, 5.74) is 1.74. The molecule has 0 amide bonds. The largest absolute Gasteiger partial charge is 0.392 e. The predicted molar refractivity (Wildman–Crippen MR) is 52.4 cm³/mol. The Kier molecular flexibility index (Phi) is 2.06. The summed E-state index contributed by atoms with van der Waals surface area (Å²) in [6, 6.07) is 3.04. The van der Waals surface area contributed by atoms with Crippen LogP contribution in [0.2, 0.25) is 0 Å². The van der Waals surface area contributed by atoms with Crippen LogP contribution in [0.15, 0.2) is 17.5 Å². The summed E-state index contributed by atoms with van der Waals surface area (Å²) < 4.78 is 14.2. The molecule has 0 aliphatic rings. The standard InChI is InChI=1S/C10H9FOS/c1-6-5-13-10-7(4-12)2-3-8(11)9(6)10/h2-3,5,12H,4H2,1H3. The summed E-state index contributed by atoms with van der Waals surface area (Å²) >= 11 is 1.48. The maximum absolute atomic E-state index is 13.3. The lowest BCUT2D eigenvalue weighted by Crippen LogP contribution is -1.85. The Labute approximate surface area is 79.4 Å². The molecule has 3 heteroatoms. The molecule has 2 aromatic rings. The normalized spacial score (nSPS) is 11.0. The highest BCUT2D eigenvalue weighted by Crippen LogP contribution is 2.30. The van der Waals surface area contributed by atoms with E-state index in [2.05, 4.69) is 0 Å². The van der Waals surface area contributed by atoms with Crippen LogP contribution in [0.1, 0.15) is 11.1 Å². The van der Waals surface area contributed by atoms with Gasteiger partial charge in [0.05, 0.1) is 6.61 Å². The van der Waals surface area contributed by atoms with E-state index in [4.69, 9.17) is 5.11 Å². The second-order valence-electron chi connectivity index (χ2n) is 2.99. The van der Waals surface area contributed by atoms with Crippen LogP contribution in [-0.4, -0.2) is 5.11 Å². The topological polar surface area (TPSA) is 20.2 Å². The second-order valence-corrected chi connectivity index (χ2v) is 3.87. The van der Waals surface area contributed by atoms with Gasteiger partial charge in [-0.15, -0.1) is 11.3 Å². The van der Waals surface area contributed by atoms with E-state index in [-0.39, 0.29) is 12.4 Å². The van der Waals surface area contributed by atoms with Crippen LogP contribution in [-0.2, 0) is 6.61 Å². The van der Waals surface area contributed by atoms with Gasteiger partial charge in [0.15, 0.2) is 0 Å². The van der Waals surface area contributed by atoms with Crippen molar-refractivity contribution in [3.63, 3.8) is 0 Å². The Balaban J connectivity index is 2.87. The van der Waals surface area contributed by atoms with Gasteiger partial charge >= 0.3 is 0 Å². The Bertz CT molecular complexity index is 447. The zero-order chi connectivity index (χ0) is 9.42. The molecule has 0 spiro atoms. The minimum Gasteiger partial charge on any atom is -0.392 e. The number of aryl methyl sites for hydroxylation is 1. The van der Waals surface area contributed by atoms with Gasteiger partial charge in [0, 0.05) is 10.1 Å². The third kappa shape index (κ3) is 1.24. The van der Waals surface area contributed by atoms with Crippen LogP contribution < -0.4 is 0 Å². The van der Waals surface area contributed by atoms with E-state index < -0.39 is 0 Å². The average molecular weight is 196 g/mol. The zero-order valence-electron chi connectivity index (χ0n) is 7.17. The van der Waals surface area contributed by atoms with Gasteiger partial charge in [-0.25, -0.2) is 4.39 Å². The van der Waals surface area contributed by atoms with Crippen LogP contribution in [0.4, 0.5) is 4.39 Å². The van der Waals surface area contributed by atoms with Crippen LogP contribution in [0, 0.1) is 12.7 Å². The van der Waals surface area contributed by atoms with E-state index in [0.717, 1.165) is 15.8 Å². The lowest BCUT2D eigenvalue weighted by Gasteiger charge is -1.99. The highest BCUT2D eigenvalue weighted by Gasteiger charge is 2.09. The fourth-order valence-electron chi connectivity index (χ4n) is 1.43. The van der Waals surface area contributed by atoms with Crippen molar-refractivity contribution < 1.29 is 9.50 Å². The fourth-order valence-corrected chi connectivity index (χ4v) is 2.51. The van der Waals surface area contributed by atoms with Gasteiger partial charge in [-0.05, 0) is 29.5 Å². The first-order valence-corrected chi connectivity index (χ1v) is 4.88. The average Bonchev–Trinajstić information content (AvgIpc) is 2.50. The smallest absolute Gasteiger partial charge is 0.132 e. The van der Waals surface area contributed by atoms with Crippen molar-refractivity contribution in [2.24, 2.45) is 0 Å². The van der Waals surface area contributed by atoms with E-state index >= 15 is 0 Å². The Morgan fingerprint density at radius 2 is 2.23 bits per heavy atom. The summed E-state index contributed by atoms with van der Waals surface area (Å²) in [5, 5.41) is 11.6. The molecular weight excluding hydrogens is 187 g/mol. The van der Waals surface area contributed by atoms with Gasteiger partial charge in [-0.2, -0.15) is 0 Å². The lowest BCUT2D eigenvalue weighted by atomic mass is 10.1. The Morgan fingerprint density at radius 3 is 2.92 bits per heavy atom. The molecule has 0 atom stereocenters. The fraction of sp³-hybridized carbons (Fsp3) is 0.200. The molecule has 1 heterocycles. The molecule has 0 radical (unpaired) electrons. The van der Waals surface area contributed by atoms with E-state index in [1.165, 1.54) is 17.4 Å². The number of rotatable bonds is 1. The molecule has 0 aliphatic carbocycles. The maximum Gasteiger partial charge on any atom is 0.132 e. The lowest BCUT2D eigenvalue weighted by molar-refractivity contribution is 0.283. The van der Waals surface area contributed by atoms with Gasteiger partial charge in [0.2, 0.25) is 0 Å². The quantitative estimate of drug-likeness (QED) is 0.743. The minimum atomic E-state index is -0.203. The molecule has 2 rings (SSSR count). The number of fused-ring (bicyclic) bond motifs is 1. The number of hydrogen-bond acceptors (Lipinski definition) is 2. The van der Waals surface area contributed by atoms with Crippen molar-refractivity contribution in [2.45, 2.75) is 13.5 Å². The molecule has 0 saturated carbocycles. The van der Waals surface area contributed by atoms with Crippen molar-refractivity contribution in [2.75, 3.05) is 0 Å². The van der Waals surface area contributed by atoms with Gasteiger partial charge in [0.25, 0.3) is 0 Å². The Hall–Kier alpha value is -0.930. The summed E-state index contributed by atoms with van der Waals surface area (Å²) in [7, 11) is 0. The first kappa shape index (κ1) is 8.66. The minimum absolute atomic E-state index is 0.0310. The molecule has 0 aliphatic heterocycles. The first-order chi connectivity index (χ1) is 6.24. The van der Waals surface area contributed by atoms with Gasteiger partial charge in [-0.3, -0.25) is 0 Å². The van der Waals surface area contributed by atoms with Gasteiger partial charge < -0.3 is 5.11 Å². The maximum atomic E-state index is 13.3. The number of halogens is 1. The molecule has 1 aromatic heterocycles. The summed E-state index contributed by atoms with van der Waals surface area (Å²) in [6.45, 7) is 1.85. The SMILES string of the molecule is Cc1csc2c(CO)ccc(F)c12. The van der Waals surface area contributed by atoms with Crippen molar-refractivity contribution in [1.29, 1.82) is 0 Å². The van der Waals surface area contributed by atoms with Crippen LogP contribution >= 0.6 is 11.3 Å². The number of aliphatic hydroxyl groups excluding tert-OH is 1. The highest BCUT2D eigenvalue weighted by molar-refractivity contribution is 7.17. The molecular formula is C10H9FOS. The monoisotopic (exact) mass is 196 g/mol. The van der Waals surface area contributed by atoms with Crippen molar-refractivity contribution in [3.05, 3.63) is 34.5 Å². The van der Waals surface area contributed by atoms with Crippen LogP contribution in [0.5, 0.6) is 0 Å². The first-order valence-electron chi connectivity index (χ1n) is 4.00. The van der Waals surface area contributed by atoms with E-state index in [9.17, 15) is 4.39 Å².